The number of anilines is 2. The Bertz CT molecular complexity index is 1150. The minimum Gasteiger partial charge on any atom is -0.369 e. The van der Waals surface area contributed by atoms with Crippen LogP contribution in [0.25, 0.3) is 22.3 Å². The fourth-order valence-electron chi connectivity index (χ4n) is 2.40. The molecule has 0 fully saturated rings. The third-order valence-electron chi connectivity index (χ3n) is 3.25. The van der Waals surface area contributed by atoms with Crippen LogP contribution in [0, 0.1) is 11.3 Å². The molecule has 0 spiro atoms. The summed E-state index contributed by atoms with van der Waals surface area (Å²) in [4.78, 5) is 21.3. The number of H-pyrrole nitrogens is 2. The Kier molecular flexibility index (Phi) is 3.50. The van der Waals surface area contributed by atoms with Crippen molar-refractivity contribution in [2.24, 2.45) is 0 Å². The van der Waals surface area contributed by atoms with Gasteiger partial charge in [0.15, 0.2) is 0 Å². The van der Waals surface area contributed by atoms with Crippen LogP contribution in [0.4, 0.5) is 11.6 Å². The third-order valence-corrected chi connectivity index (χ3v) is 3.85. The van der Waals surface area contributed by atoms with E-state index in [1.165, 1.54) is 0 Å². The molecule has 0 unspecified atom stereocenters. The molecule has 0 atom stereocenters. The zero-order chi connectivity index (χ0) is 17.5. The van der Waals surface area contributed by atoms with Gasteiger partial charge in [0.2, 0.25) is 16.0 Å². The number of sulfonamides is 1. The maximum atomic E-state index is 12.0. The van der Waals surface area contributed by atoms with Gasteiger partial charge in [0.25, 0.3) is 5.56 Å². The highest BCUT2D eigenvalue weighted by Gasteiger charge is 2.18. The van der Waals surface area contributed by atoms with Crippen molar-refractivity contribution in [3.63, 3.8) is 0 Å². The Labute approximate surface area is 136 Å². The second kappa shape index (κ2) is 5.39. The molecule has 0 bridgehead atoms. The second-order valence-electron chi connectivity index (χ2n) is 5.12. The summed E-state index contributed by atoms with van der Waals surface area (Å²) in [6.45, 7) is 0. The van der Waals surface area contributed by atoms with E-state index in [-0.39, 0.29) is 22.5 Å². The number of nitrogens with two attached hydrogens (primary N) is 1. The lowest BCUT2D eigenvalue weighted by Gasteiger charge is -2.06. The van der Waals surface area contributed by atoms with Gasteiger partial charge in [-0.05, 0) is 12.1 Å². The predicted molar refractivity (Wildman–Crippen MR) is 89.7 cm³/mol. The summed E-state index contributed by atoms with van der Waals surface area (Å²) in [6.07, 6.45) is 1.04. The molecule has 122 valence electrons. The fourth-order valence-corrected chi connectivity index (χ4v) is 2.95. The fraction of sp³-hybridized carbons (Fsp3) is 0.0714. The van der Waals surface area contributed by atoms with Gasteiger partial charge in [-0.25, -0.2) is 8.42 Å². The Balaban J connectivity index is 2.24. The minimum absolute atomic E-state index is 0.0720. The molecule has 2 aromatic heterocycles. The average Bonchev–Trinajstić information content (AvgIpc) is 2.84. The van der Waals surface area contributed by atoms with Crippen LogP contribution in [0.2, 0.25) is 0 Å². The number of nitriles is 1. The molecule has 3 aromatic rings. The molecule has 24 heavy (non-hydrogen) atoms. The molecular formula is C14H12N6O3S. The highest BCUT2D eigenvalue weighted by Crippen LogP contribution is 2.29. The molecule has 5 N–H and O–H groups in total. The molecule has 2 heterocycles. The average molecular weight is 344 g/mol. The molecule has 3 rings (SSSR count). The molecular weight excluding hydrogens is 332 g/mol. The van der Waals surface area contributed by atoms with Gasteiger partial charge in [-0.15, -0.1) is 0 Å². The van der Waals surface area contributed by atoms with Crippen LogP contribution < -0.4 is 16.0 Å². The van der Waals surface area contributed by atoms with Gasteiger partial charge in [0.05, 0.1) is 17.5 Å². The summed E-state index contributed by atoms with van der Waals surface area (Å²) in [5, 5.41) is 9.52. The maximum absolute atomic E-state index is 12.0. The smallest absolute Gasteiger partial charge is 0.263 e. The molecule has 0 aliphatic heterocycles. The van der Waals surface area contributed by atoms with Crippen LogP contribution in [0.15, 0.2) is 29.1 Å². The quantitative estimate of drug-likeness (QED) is 0.548. The number of hydrogen-bond acceptors (Lipinski definition) is 6. The van der Waals surface area contributed by atoms with E-state index in [0.717, 1.165) is 6.26 Å². The van der Waals surface area contributed by atoms with Crippen molar-refractivity contribution in [2.45, 2.75) is 0 Å². The van der Waals surface area contributed by atoms with Crippen molar-refractivity contribution < 1.29 is 8.42 Å². The van der Waals surface area contributed by atoms with E-state index in [0.29, 0.717) is 16.9 Å². The number of nitrogen functional groups attached to an aromatic ring is 1. The van der Waals surface area contributed by atoms with E-state index in [2.05, 4.69) is 19.7 Å². The SMILES string of the molecule is CS(=O)(=O)Nc1cccc(-c2[nH]c3nc(N)[nH]c(=O)c3c2C#N)c1. The Morgan fingerprint density at radius 3 is 2.75 bits per heavy atom. The van der Waals surface area contributed by atoms with Crippen molar-refractivity contribution in [1.29, 1.82) is 5.26 Å². The van der Waals surface area contributed by atoms with E-state index < -0.39 is 15.6 Å². The minimum atomic E-state index is -3.44. The lowest BCUT2D eigenvalue weighted by molar-refractivity contribution is 0.607. The van der Waals surface area contributed by atoms with Gasteiger partial charge >= 0.3 is 0 Å². The van der Waals surface area contributed by atoms with Crippen LogP contribution in [0.1, 0.15) is 5.56 Å². The van der Waals surface area contributed by atoms with Crippen LogP contribution in [0.3, 0.4) is 0 Å². The highest BCUT2D eigenvalue weighted by molar-refractivity contribution is 7.92. The van der Waals surface area contributed by atoms with Crippen molar-refractivity contribution in [2.75, 3.05) is 16.7 Å². The molecule has 0 saturated heterocycles. The molecule has 0 radical (unpaired) electrons. The Morgan fingerprint density at radius 2 is 2.08 bits per heavy atom. The van der Waals surface area contributed by atoms with E-state index in [1.54, 1.807) is 24.3 Å². The van der Waals surface area contributed by atoms with E-state index >= 15 is 0 Å². The zero-order valence-corrected chi connectivity index (χ0v) is 13.2. The van der Waals surface area contributed by atoms with Gasteiger partial charge in [-0.3, -0.25) is 14.5 Å². The predicted octanol–water partition coefficient (Wildman–Crippen LogP) is 0.744. The van der Waals surface area contributed by atoms with Crippen molar-refractivity contribution in [1.82, 2.24) is 15.0 Å². The molecule has 0 aliphatic rings. The Morgan fingerprint density at radius 1 is 1.33 bits per heavy atom. The number of nitrogens with zero attached hydrogens (tertiary/aromatic N) is 2. The first kappa shape index (κ1) is 15.6. The number of benzene rings is 1. The summed E-state index contributed by atoms with van der Waals surface area (Å²) in [5.74, 6) is -0.0720. The van der Waals surface area contributed by atoms with E-state index in [1.807, 2.05) is 6.07 Å². The summed E-state index contributed by atoms with van der Waals surface area (Å²) in [7, 11) is -3.44. The highest BCUT2D eigenvalue weighted by atomic mass is 32.2. The number of aromatic nitrogens is 3. The lowest BCUT2D eigenvalue weighted by Crippen LogP contribution is -2.11. The first-order chi connectivity index (χ1) is 11.3. The molecule has 9 nitrogen and oxygen atoms in total. The first-order valence-electron chi connectivity index (χ1n) is 6.68. The normalized spacial score (nSPS) is 11.3. The number of fused-ring (bicyclic) bond motifs is 1. The summed E-state index contributed by atoms with van der Waals surface area (Å²) in [6, 6.07) is 8.40. The number of aromatic amines is 2. The second-order valence-corrected chi connectivity index (χ2v) is 6.87. The van der Waals surface area contributed by atoms with Crippen molar-refractivity contribution in [3.8, 4) is 17.3 Å². The Hall–Kier alpha value is -3.32. The standard InChI is InChI=1S/C14H12N6O3S/c1-24(22,23)20-8-4-2-3-7(5-8)11-9(6-15)10-12(17-11)18-14(16)19-13(10)21/h2-5,20H,1H3,(H4,16,17,18,19,21). The third kappa shape index (κ3) is 2.80. The number of rotatable bonds is 3. The van der Waals surface area contributed by atoms with Crippen LogP contribution in [-0.2, 0) is 10.0 Å². The largest absolute Gasteiger partial charge is 0.369 e. The topological polar surface area (TPSA) is 158 Å². The van der Waals surface area contributed by atoms with E-state index in [4.69, 9.17) is 5.73 Å². The van der Waals surface area contributed by atoms with Gasteiger partial charge in [0.1, 0.15) is 17.1 Å². The van der Waals surface area contributed by atoms with Crippen LogP contribution in [-0.4, -0.2) is 29.6 Å². The molecule has 0 saturated carbocycles. The first-order valence-corrected chi connectivity index (χ1v) is 8.57. The number of hydrogen-bond donors (Lipinski definition) is 4. The van der Waals surface area contributed by atoms with Gasteiger partial charge in [-0.1, -0.05) is 12.1 Å². The molecule has 1 aromatic carbocycles. The van der Waals surface area contributed by atoms with Crippen molar-refractivity contribution >= 4 is 32.7 Å². The summed E-state index contributed by atoms with van der Waals surface area (Å²) < 4.78 is 25.1. The van der Waals surface area contributed by atoms with Gasteiger partial charge in [0, 0.05) is 11.3 Å². The van der Waals surface area contributed by atoms with Gasteiger partial charge < -0.3 is 10.7 Å². The molecule has 0 aliphatic carbocycles. The van der Waals surface area contributed by atoms with Crippen LogP contribution in [0.5, 0.6) is 0 Å². The maximum Gasteiger partial charge on any atom is 0.263 e. The zero-order valence-electron chi connectivity index (χ0n) is 12.4. The summed E-state index contributed by atoms with van der Waals surface area (Å²) in [5.41, 5.74) is 6.49. The van der Waals surface area contributed by atoms with Crippen molar-refractivity contribution in [3.05, 3.63) is 40.2 Å². The lowest BCUT2D eigenvalue weighted by atomic mass is 10.1. The molecule has 0 amide bonds. The van der Waals surface area contributed by atoms with Crippen LogP contribution >= 0.6 is 0 Å². The number of nitrogens with one attached hydrogen (secondary N) is 3. The summed E-state index contributed by atoms with van der Waals surface area (Å²) >= 11 is 0. The molecule has 10 heteroatoms. The van der Waals surface area contributed by atoms with Gasteiger partial charge in [-0.2, -0.15) is 10.2 Å². The monoisotopic (exact) mass is 344 g/mol. The van der Waals surface area contributed by atoms with E-state index in [9.17, 15) is 18.5 Å².